The molecular formula is C20H38N4O6S2. The van der Waals surface area contributed by atoms with Crippen LogP contribution in [-0.2, 0) is 19.2 Å². The topological polar surface area (TPSA) is 171 Å². The normalized spacial score (nSPS) is 15.9. The van der Waals surface area contributed by atoms with Crippen molar-refractivity contribution >= 4 is 47.2 Å². The van der Waals surface area contributed by atoms with Crippen LogP contribution in [0.25, 0.3) is 0 Å². The number of aliphatic hydroxyl groups is 1. The van der Waals surface area contributed by atoms with E-state index in [1.165, 1.54) is 30.4 Å². The van der Waals surface area contributed by atoms with Gasteiger partial charge in [-0.05, 0) is 56.1 Å². The van der Waals surface area contributed by atoms with E-state index in [9.17, 15) is 29.4 Å². The van der Waals surface area contributed by atoms with Crippen LogP contribution >= 0.6 is 23.5 Å². The van der Waals surface area contributed by atoms with Gasteiger partial charge in [0, 0.05) is 0 Å². The number of nitrogens with two attached hydrogens (primary N) is 1. The van der Waals surface area contributed by atoms with Crippen molar-refractivity contribution in [1.29, 1.82) is 0 Å². The highest BCUT2D eigenvalue weighted by Gasteiger charge is 2.32. The summed E-state index contributed by atoms with van der Waals surface area (Å²) in [7, 11) is 0. The number of hydrogen-bond donors (Lipinski definition) is 6. The summed E-state index contributed by atoms with van der Waals surface area (Å²) in [6.45, 7) is 5.03. The molecule has 0 radical (unpaired) electrons. The third-order valence-corrected chi connectivity index (χ3v) is 5.89. The molecule has 0 aliphatic heterocycles. The van der Waals surface area contributed by atoms with E-state index in [0.29, 0.717) is 17.9 Å². The number of rotatable bonds is 16. The van der Waals surface area contributed by atoms with Gasteiger partial charge in [-0.15, -0.1) is 0 Å². The standard InChI is InChI=1S/C20H38N4O6S2/c1-11(2)10-15(20(29)30)23-18(27)14(7-9-32-5)22-19(28)16(12(3)25)24-17(26)13(21)6-8-31-4/h11-16,25H,6-10,21H2,1-5H3,(H,22,28)(H,23,27)(H,24,26)(H,29,30). The van der Waals surface area contributed by atoms with Crippen molar-refractivity contribution in [1.82, 2.24) is 16.0 Å². The van der Waals surface area contributed by atoms with Crippen LogP contribution in [0.3, 0.4) is 0 Å². The van der Waals surface area contributed by atoms with Crippen molar-refractivity contribution < 1.29 is 29.4 Å². The molecule has 0 aromatic heterocycles. The number of aliphatic carboxylic acids is 1. The summed E-state index contributed by atoms with van der Waals surface area (Å²) in [5.74, 6) is -1.87. The van der Waals surface area contributed by atoms with Gasteiger partial charge in [-0.1, -0.05) is 13.8 Å². The van der Waals surface area contributed by atoms with E-state index in [2.05, 4.69) is 16.0 Å². The van der Waals surface area contributed by atoms with Crippen LogP contribution < -0.4 is 21.7 Å². The fourth-order valence-corrected chi connectivity index (χ4v) is 3.73. The summed E-state index contributed by atoms with van der Waals surface area (Å²) in [5.41, 5.74) is 5.83. The van der Waals surface area contributed by atoms with Crippen molar-refractivity contribution in [3.05, 3.63) is 0 Å². The Morgan fingerprint density at radius 2 is 1.38 bits per heavy atom. The Labute approximate surface area is 198 Å². The largest absolute Gasteiger partial charge is 0.480 e. The second kappa shape index (κ2) is 16.2. The van der Waals surface area contributed by atoms with Crippen LogP contribution in [0.2, 0.25) is 0 Å². The van der Waals surface area contributed by atoms with Gasteiger partial charge in [-0.2, -0.15) is 23.5 Å². The van der Waals surface area contributed by atoms with E-state index < -0.39 is 54.0 Å². The number of carbonyl (C=O) groups is 4. The highest BCUT2D eigenvalue weighted by atomic mass is 32.2. The number of hydrogen-bond acceptors (Lipinski definition) is 8. The average molecular weight is 495 g/mol. The number of carbonyl (C=O) groups excluding carboxylic acids is 3. The summed E-state index contributed by atoms with van der Waals surface area (Å²) in [4.78, 5) is 49.3. The molecule has 10 nitrogen and oxygen atoms in total. The molecule has 0 aliphatic rings. The predicted molar refractivity (Wildman–Crippen MR) is 129 cm³/mol. The van der Waals surface area contributed by atoms with Gasteiger partial charge in [0.05, 0.1) is 12.1 Å². The third-order valence-electron chi connectivity index (χ3n) is 4.60. The zero-order valence-electron chi connectivity index (χ0n) is 19.4. The number of thioether (sulfide) groups is 2. The SMILES string of the molecule is CSCCC(N)C(=O)NC(C(=O)NC(CCSC)C(=O)NC(CC(C)C)C(=O)O)C(C)O. The molecule has 12 heteroatoms. The lowest BCUT2D eigenvalue weighted by molar-refractivity contribution is -0.143. The van der Waals surface area contributed by atoms with E-state index >= 15 is 0 Å². The molecule has 5 atom stereocenters. The monoisotopic (exact) mass is 494 g/mol. The Hall–Kier alpha value is -1.50. The van der Waals surface area contributed by atoms with Crippen LogP contribution in [0.1, 0.15) is 40.0 Å². The molecule has 0 rings (SSSR count). The molecule has 32 heavy (non-hydrogen) atoms. The smallest absolute Gasteiger partial charge is 0.326 e. The van der Waals surface area contributed by atoms with Gasteiger partial charge >= 0.3 is 5.97 Å². The van der Waals surface area contributed by atoms with E-state index in [0.717, 1.165) is 0 Å². The number of carboxylic acids is 1. The lowest BCUT2D eigenvalue weighted by atomic mass is 10.0. The van der Waals surface area contributed by atoms with Crippen LogP contribution in [0.15, 0.2) is 0 Å². The van der Waals surface area contributed by atoms with Crippen molar-refractivity contribution in [2.24, 2.45) is 11.7 Å². The van der Waals surface area contributed by atoms with Gasteiger partial charge in [0.2, 0.25) is 17.7 Å². The summed E-state index contributed by atoms with van der Waals surface area (Å²) in [6.07, 6.45) is 3.39. The highest BCUT2D eigenvalue weighted by Crippen LogP contribution is 2.08. The number of carboxylic acid groups (broad SMARTS) is 1. The second-order valence-corrected chi connectivity index (χ2v) is 9.96. The molecular weight excluding hydrogens is 456 g/mol. The van der Waals surface area contributed by atoms with Crippen LogP contribution in [0.5, 0.6) is 0 Å². The van der Waals surface area contributed by atoms with Crippen LogP contribution in [-0.4, -0.2) is 88.2 Å². The van der Waals surface area contributed by atoms with Gasteiger partial charge in [0.15, 0.2) is 0 Å². The molecule has 186 valence electrons. The van der Waals surface area contributed by atoms with E-state index in [1.807, 2.05) is 26.4 Å². The molecule has 0 fully saturated rings. The van der Waals surface area contributed by atoms with Gasteiger partial charge in [-0.25, -0.2) is 4.79 Å². The summed E-state index contributed by atoms with van der Waals surface area (Å²) in [5, 5.41) is 26.9. The minimum Gasteiger partial charge on any atom is -0.480 e. The second-order valence-electron chi connectivity index (χ2n) is 7.99. The molecule has 7 N–H and O–H groups in total. The van der Waals surface area contributed by atoms with E-state index in [1.54, 1.807) is 0 Å². The maximum absolute atomic E-state index is 12.8. The molecule has 0 heterocycles. The fourth-order valence-electron chi connectivity index (χ4n) is 2.77. The predicted octanol–water partition coefficient (Wildman–Crippen LogP) is -0.214. The molecule has 0 bridgehead atoms. The zero-order chi connectivity index (χ0) is 24.8. The highest BCUT2D eigenvalue weighted by molar-refractivity contribution is 7.98. The molecule has 5 unspecified atom stereocenters. The summed E-state index contributed by atoms with van der Waals surface area (Å²) in [6, 6.07) is -4.25. The number of nitrogens with one attached hydrogen (secondary N) is 3. The van der Waals surface area contributed by atoms with Crippen molar-refractivity contribution in [3.63, 3.8) is 0 Å². The average Bonchev–Trinajstić information content (AvgIpc) is 2.71. The first-order chi connectivity index (χ1) is 14.9. The third kappa shape index (κ3) is 11.9. The Kier molecular flexibility index (Phi) is 15.4. The lowest BCUT2D eigenvalue weighted by Crippen LogP contribution is -2.60. The zero-order valence-corrected chi connectivity index (χ0v) is 21.1. The van der Waals surface area contributed by atoms with Crippen LogP contribution in [0, 0.1) is 5.92 Å². The summed E-state index contributed by atoms with van der Waals surface area (Å²) < 4.78 is 0. The first-order valence-corrected chi connectivity index (χ1v) is 13.3. The number of aliphatic hydroxyl groups excluding tert-OH is 1. The Balaban J connectivity index is 5.33. The van der Waals surface area contributed by atoms with Crippen molar-refractivity contribution in [2.75, 3.05) is 24.0 Å². The molecule has 3 amide bonds. The summed E-state index contributed by atoms with van der Waals surface area (Å²) >= 11 is 2.99. The first-order valence-electron chi connectivity index (χ1n) is 10.5. The molecule has 0 aliphatic carbocycles. The van der Waals surface area contributed by atoms with Crippen molar-refractivity contribution in [3.8, 4) is 0 Å². The minimum atomic E-state index is -1.31. The van der Waals surface area contributed by atoms with E-state index in [-0.39, 0.29) is 18.8 Å². The molecule has 0 aromatic rings. The minimum absolute atomic E-state index is 0.0424. The van der Waals surface area contributed by atoms with Gasteiger partial charge in [-0.3, -0.25) is 14.4 Å². The Morgan fingerprint density at radius 3 is 1.84 bits per heavy atom. The first kappa shape index (κ1) is 30.5. The van der Waals surface area contributed by atoms with Crippen molar-refractivity contribution in [2.45, 2.75) is 70.3 Å². The molecule has 0 saturated heterocycles. The van der Waals surface area contributed by atoms with Gasteiger partial charge in [0.1, 0.15) is 18.1 Å². The Morgan fingerprint density at radius 1 is 0.844 bits per heavy atom. The molecule has 0 aromatic carbocycles. The maximum atomic E-state index is 12.8. The molecule has 0 spiro atoms. The maximum Gasteiger partial charge on any atom is 0.326 e. The fraction of sp³-hybridized carbons (Fsp3) is 0.800. The van der Waals surface area contributed by atoms with Gasteiger partial charge in [0.25, 0.3) is 0 Å². The quantitative estimate of drug-likeness (QED) is 0.170. The van der Waals surface area contributed by atoms with Gasteiger partial charge < -0.3 is 31.9 Å². The lowest BCUT2D eigenvalue weighted by Gasteiger charge is -2.26. The number of amides is 3. The van der Waals surface area contributed by atoms with E-state index in [4.69, 9.17) is 5.73 Å². The van der Waals surface area contributed by atoms with Crippen LogP contribution in [0.4, 0.5) is 0 Å². The Bertz CT molecular complexity index is 621. The molecule has 0 saturated carbocycles.